The van der Waals surface area contributed by atoms with Crippen LogP contribution in [0.4, 0.5) is 0 Å². The number of hydrogen-bond acceptors (Lipinski definition) is 5. The molecule has 0 fully saturated rings. The smallest absolute Gasteiger partial charge is 0.341 e. The third-order valence-corrected chi connectivity index (χ3v) is 4.12. The summed E-state index contributed by atoms with van der Waals surface area (Å²) in [5.74, 6) is -0.862. The summed E-state index contributed by atoms with van der Waals surface area (Å²) >= 11 is 7.18. The van der Waals surface area contributed by atoms with Gasteiger partial charge in [0.2, 0.25) is 0 Å². The maximum atomic E-state index is 12.2. The maximum absolute atomic E-state index is 12.2. The lowest BCUT2D eigenvalue weighted by molar-refractivity contribution is -0.131. The number of halogens is 1. The Bertz CT molecular complexity index is 705. The van der Waals surface area contributed by atoms with Gasteiger partial charge in [0.15, 0.2) is 6.61 Å². The van der Waals surface area contributed by atoms with Crippen LogP contribution in [0.25, 0.3) is 0 Å². The molecule has 2 rings (SSSR count). The third kappa shape index (κ3) is 4.97. The van der Waals surface area contributed by atoms with E-state index in [1.807, 2.05) is 12.1 Å². The van der Waals surface area contributed by atoms with Crippen LogP contribution >= 0.6 is 23.4 Å². The van der Waals surface area contributed by atoms with Crippen molar-refractivity contribution in [1.82, 2.24) is 9.88 Å². The lowest BCUT2D eigenvalue weighted by Crippen LogP contribution is -2.27. The highest BCUT2D eigenvalue weighted by Crippen LogP contribution is 2.29. The summed E-state index contributed by atoms with van der Waals surface area (Å²) in [5.41, 5.74) is 0.319. The van der Waals surface area contributed by atoms with Gasteiger partial charge in [-0.05, 0) is 36.4 Å². The van der Waals surface area contributed by atoms with Crippen LogP contribution in [-0.2, 0) is 9.53 Å². The van der Waals surface area contributed by atoms with E-state index in [1.165, 1.54) is 16.7 Å². The van der Waals surface area contributed by atoms with E-state index < -0.39 is 5.97 Å². The molecule has 0 atom stereocenters. The Hall–Kier alpha value is -2.05. The van der Waals surface area contributed by atoms with Crippen molar-refractivity contribution in [2.24, 2.45) is 0 Å². The van der Waals surface area contributed by atoms with Crippen LogP contribution in [0.15, 0.2) is 52.5 Å². The number of benzene rings is 1. The largest absolute Gasteiger partial charge is 0.452 e. The van der Waals surface area contributed by atoms with E-state index in [0.29, 0.717) is 15.6 Å². The van der Waals surface area contributed by atoms with E-state index in [9.17, 15) is 9.59 Å². The minimum absolute atomic E-state index is 0.283. The van der Waals surface area contributed by atoms with Crippen molar-refractivity contribution in [1.29, 1.82) is 0 Å². The molecule has 23 heavy (non-hydrogen) atoms. The second-order valence-electron chi connectivity index (χ2n) is 4.78. The molecule has 2 aromatic rings. The predicted octanol–water partition coefficient (Wildman–Crippen LogP) is 3.13. The molecule has 7 heteroatoms. The van der Waals surface area contributed by atoms with Crippen LogP contribution in [-0.4, -0.2) is 42.5 Å². The quantitative estimate of drug-likeness (QED) is 0.775. The molecule has 0 saturated heterocycles. The van der Waals surface area contributed by atoms with E-state index in [2.05, 4.69) is 4.98 Å². The molecule has 0 N–H and O–H groups in total. The first-order valence-corrected chi connectivity index (χ1v) is 7.92. The van der Waals surface area contributed by atoms with Gasteiger partial charge in [0.25, 0.3) is 5.91 Å². The van der Waals surface area contributed by atoms with Crippen LogP contribution in [0, 0.1) is 0 Å². The molecule has 5 nitrogen and oxygen atoms in total. The first kappa shape index (κ1) is 17.3. The number of likely N-dealkylation sites (N-methyl/N-ethyl adjacent to an activating group) is 1. The Balaban J connectivity index is 2.12. The second kappa shape index (κ2) is 7.99. The van der Waals surface area contributed by atoms with Gasteiger partial charge in [-0.15, -0.1) is 0 Å². The topological polar surface area (TPSA) is 59.5 Å². The highest BCUT2D eigenvalue weighted by molar-refractivity contribution is 7.99. The lowest BCUT2D eigenvalue weighted by Gasteiger charge is -2.11. The molecule has 0 aliphatic heterocycles. The van der Waals surface area contributed by atoms with E-state index in [1.54, 1.807) is 44.6 Å². The molecule has 0 spiro atoms. The van der Waals surface area contributed by atoms with Gasteiger partial charge in [-0.3, -0.25) is 4.79 Å². The Labute approximate surface area is 143 Å². The van der Waals surface area contributed by atoms with Crippen LogP contribution in [0.1, 0.15) is 10.4 Å². The number of amides is 1. The average Bonchev–Trinajstić information content (AvgIpc) is 2.54. The van der Waals surface area contributed by atoms with Crippen molar-refractivity contribution in [3.05, 3.63) is 53.2 Å². The van der Waals surface area contributed by atoms with Gasteiger partial charge in [0.05, 0.1) is 5.56 Å². The molecule has 0 unspecified atom stereocenters. The highest BCUT2D eigenvalue weighted by atomic mass is 35.5. The molecule has 0 bridgehead atoms. The van der Waals surface area contributed by atoms with Gasteiger partial charge in [0, 0.05) is 30.2 Å². The number of aromatic nitrogens is 1. The number of nitrogens with zero attached hydrogens (tertiary/aromatic N) is 2. The van der Waals surface area contributed by atoms with Gasteiger partial charge < -0.3 is 9.64 Å². The van der Waals surface area contributed by atoms with E-state index in [0.717, 1.165) is 4.90 Å². The summed E-state index contributed by atoms with van der Waals surface area (Å²) in [7, 11) is 3.20. The molecule has 0 aliphatic rings. The van der Waals surface area contributed by atoms with E-state index in [4.69, 9.17) is 16.3 Å². The highest BCUT2D eigenvalue weighted by Gasteiger charge is 2.16. The lowest BCUT2D eigenvalue weighted by atomic mass is 10.3. The van der Waals surface area contributed by atoms with Gasteiger partial charge in [-0.1, -0.05) is 23.4 Å². The molecule has 0 aliphatic carbocycles. The SMILES string of the molecule is CN(C)C(=O)COC(=O)c1cccnc1Sc1ccc(Cl)cc1. The molecule has 120 valence electrons. The Morgan fingerprint density at radius 1 is 1.22 bits per heavy atom. The molecule has 1 amide bonds. The van der Waals surface area contributed by atoms with Crippen LogP contribution in [0.3, 0.4) is 0 Å². The summed E-state index contributed by atoms with van der Waals surface area (Å²) in [6, 6.07) is 10.5. The van der Waals surface area contributed by atoms with Crippen molar-refractivity contribution in [2.45, 2.75) is 9.92 Å². The average molecular weight is 351 g/mol. The normalized spacial score (nSPS) is 10.2. The second-order valence-corrected chi connectivity index (χ2v) is 6.28. The number of esters is 1. The monoisotopic (exact) mass is 350 g/mol. The van der Waals surface area contributed by atoms with Crippen molar-refractivity contribution in [3.8, 4) is 0 Å². The summed E-state index contributed by atoms with van der Waals surface area (Å²) in [6.07, 6.45) is 1.60. The molecule has 1 aromatic heterocycles. The molecule has 1 aromatic carbocycles. The fourth-order valence-corrected chi connectivity index (χ4v) is 2.57. The fourth-order valence-electron chi connectivity index (χ4n) is 1.58. The minimum atomic E-state index is -0.579. The van der Waals surface area contributed by atoms with Gasteiger partial charge in [-0.25, -0.2) is 9.78 Å². The van der Waals surface area contributed by atoms with Crippen LogP contribution in [0.2, 0.25) is 5.02 Å². The first-order valence-electron chi connectivity index (χ1n) is 6.73. The van der Waals surface area contributed by atoms with E-state index >= 15 is 0 Å². The fraction of sp³-hybridized carbons (Fsp3) is 0.188. The zero-order chi connectivity index (χ0) is 16.8. The Kier molecular flexibility index (Phi) is 6.01. The number of ether oxygens (including phenoxy) is 1. The summed E-state index contributed by atoms with van der Waals surface area (Å²) in [6.45, 7) is -0.300. The van der Waals surface area contributed by atoms with Crippen LogP contribution in [0.5, 0.6) is 0 Å². The Morgan fingerprint density at radius 2 is 1.91 bits per heavy atom. The molecule has 0 saturated carbocycles. The zero-order valence-corrected chi connectivity index (χ0v) is 14.2. The van der Waals surface area contributed by atoms with Crippen molar-refractivity contribution in [3.63, 3.8) is 0 Å². The minimum Gasteiger partial charge on any atom is -0.452 e. The zero-order valence-electron chi connectivity index (χ0n) is 12.7. The van der Waals surface area contributed by atoms with Crippen molar-refractivity contribution < 1.29 is 14.3 Å². The third-order valence-electron chi connectivity index (χ3n) is 2.84. The summed E-state index contributed by atoms with van der Waals surface area (Å²) < 4.78 is 5.04. The first-order chi connectivity index (χ1) is 11.0. The number of carbonyl (C=O) groups is 2. The van der Waals surface area contributed by atoms with Crippen molar-refractivity contribution >= 4 is 35.2 Å². The van der Waals surface area contributed by atoms with Gasteiger partial charge in [-0.2, -0.15) is 0 Å². The summed E-state index contributed by atoms with van der Waals surface area (Å²) in [5, 5.41) is 1.15. The predicted molar refractivity (Wildman–Crippen MR) is 88.8 cm³/mol. The molecule has 0 radical (unpaired) electrons. The molecular weight excluding hydrogens is 336 g/mol. The molecule has 1 heterocycles. The maximum Gasteiger partial charge on any atom is 0.341 e. The Morgan fingerprint density at radius 3 is 2.57 bits per heavy atom. The number of hydrogen-bond donors (Lipinski definition) is 0. The summed E-state index contributed by atoms with van der Waals surface area (Å²) in [4.78, 5) is 30.1. The van der Waals surface area contributed by atoms with E-state index in [-0.39, 0.29) is 12.5 Å². The standard InChI is InChI=1S/C16H15ClN2O3S/c1-19(2)14(20)10-22-16(21)13-4-3-9-18-15(13)23-12-7-5-11(17)6-8-12/h3-9H,10H2,1-2H3. The van der Waals surface area contributed by atoms with Gasteiger partial charge in [0.1, 0.15) is 5.03 Å². The van der Waals surface area contributed by atoms with Crippen molar-refractivity contribution in [2.75, 3.05) is 20.7 Å². The number of rotatable bonds is 5. The number of carbonyl (C=O) groups excluding carboxylic acids is 2. The van der Waals surface area contributed by atoms with Gasteiger partial charge >= 0.3 is 5.97 Å². The molecular formula is C16H15ClN2O3S. The van der Waals surface area contributed by atoms with Crippen LogP contribution < -0.4 is 0 Å². The number of pyridine rings is 1.